The Bertz CT molecular complexity index is 843. The lowest BCUT2D eigenvalue weighted by atomic mass is 10.1. The standard InChI is InChI=1S/C18H21N3O4S2/c1-27(24)15-8-6-12(7-9-15)16(21-25-13-4-2-3-5-13)17(23)20-18-19-10-14(11-22)26-18/h6-10,13,22H,2-5,11H2,1H3,(H,19,20,23). The van der Waals surface area contributed by atoms with Gasteiger partial charge < -0.3 is 9.94 Å². The average molecular weight is 408 g/mol. The number of carbonyl (C=O) groups excluding carboxylic acids is 1. The van der Waals surface area contributed by atoms with Crippen LogP contribution in [0.2, 0.25) is 0 Å². The number of hydrogen-bond acceptors (Lipinski definition) is 7. The van der Waals surface area contributed by atoms with Crippen molar-refractivity contribution in [2.75, 3.05) is 11.6 Å². The number of nitrogens with one attached hydrogen (secondary N) is 1. The summed E-state index contributed by atoms with van der Waals surface area (Å²) in [6.07, 6.45) is 7.19. The Balaban J connectivity index is 1.82. The van der Waals surface area contributed by atoms with E-state index in [1.807, 2.05) is 0 Å². The largest absolute Gasteiger partial charge is 0.392 e. The topological polar surface area (TPSA) is 101 Å². The predicted octanol–water partition coefficient (Wildman–Crippen LogP) is 2.67. The molecule has 3 rings (SSSR count). The van der Waals surface area contributed by atoms with Crippen molar-refractivity contribution in [2.45, 2.75) is 43.3 Å². The zero-order valence-electron chi connectivity index (χ0n) is 14.9. The molecule has 1 unspecified atom stereocenters. The predicted molar refractivity (Wildman–Crippen MR) is 105 cm³/mol. The maximum absolute atomic E-state index is 12.8. The second kappa shape index (κ2) is 9.20. The molecule has 1 atom stereocenters. The molecule has 2 N–H and O–H groups in total. The Hall–Kier alpha value is -2.10. The lowest BCUT2D eigenvalue weighted by Crippen LogP contribution is -2.25. The maximum Gasteiger partial charge on any atom is 0.280 e. The summed E-state index contributed by atoms with van der Waals surface area (Å²) in [4.78, 5) is 23.7. The summed E-state index contributed by atoms with van der Waals surface area (Å²) >= 11 is 1.19. The summed E-state index contributed by atoms with van der Waals surface area (Å²) in [6, 6.07) is 6.82. The van der Waals surface area contributed by atoms with Gasteiger partial charge >= 0.3 is 0 Å². The highest BCUT2D eigenvalue weighted by Crippen LogP contribution is 2.22. The van der Waals surface area contributed by atoms with E-state index in [1.54, 1.807) is 30.5 Å². The minimum atomic E-state index is -1.10. The molecule has 1 fully saturated rings. The molecule has 0 saturated heterocycles. The Morgan fingerprint density at radius 1 is 1.37 bits per heavy atom. The third kappa shape index (κ3) is 5.21. The molecule has 7 nitrogen and oxygen atoms in total. The number of amides is 1. The lowest BCUT2D eigenvalue weighted by molar-refractivity contribution is -0.110. The van der Waals surface area contributed by atoms with Gasteiger partial charge in [-0.25, -0.2) is 4.98 Å². The summed E-state index contributed by atoms with van der Waals surface area (Å²) < 4.78 is 11.6. The number of aromatic nitrogens is 1. The van der Waals surface area contributed by atoms with Crippen molar-refractivity contribution in [1.29, 1.82) is 0 Å². The molecular weight excluding hydrogens is 386 g/mol. The van der Waals surface area contributed by atoms with E-state index in [0.29, 0.717) is 20.5 Å². The van der Waals surface area contributed by atoms with Crippen LogP contribution in [0.15, 0.2) is 40.5 Å². The highest BCUT2D eigenvalue weighted by atomic mass is 32.2. The quantitative estimate of drug-likeness (QED) is 0.543. The van der Waals surface area contributed by atoms with Gasteiger partial charge in [0, 0.05) is 33.7 Å². The van der Waals surface area contributed by atoms with E-state index in [-0.39, 0.29) is 18.4 Å². The van der Waals surface area contributed by atoms with E-state index < -0.39 is 16.7 Å². The molecule has 1 saturated carbocycles. The first-order chi connectivity index (χ1) is 13.1. The number of hydrogen-bond donors (Lipinski definition) is 2. The molecular formula is C18H21N3O4S2. The second-order valence-electron chi connectivity index (χ2n) is 6.17. The van der Waals surface area contributed by atoms with Crippen molar-refractivity contribution < 1.29 is 18.9 Å². The Morgan fingerprint density at radius 2 is 2.07 bits per heavy atom. The third-order valence-corrected chi connectivity index (χ3v) is 6.03. The van der Waals surface area contributed by atoms with Gasteiger partial charge in [0.25, 0.3) is 5.91 Å². The summed E-state index contributed by atoms with van der Waals surface area (Å²) in [5.74, 6) is -0.447. The van der Waals surface area contributed by atoms with Gasteiger partial charge in [0.15, 0.2) is 10.8 Å². The fourth-order valence-corrected chi connectivity index (χ4v) is 3.93. The number of nitrogens with zero attached hydrogens (tertiary/aromatic N) is 2. The van der Waals surface area contributed by atoms with Crippen molar-refractivity contribution in [3.8, 4) is 0 Å². The van der Waals surface area contributed by atoms with Crippen molar-refractivity contribution in [2.24, 2.45) is 5.16 Å². The van der Waals surface area contributed by atoms with Gasteiger partial charge in [-0.05, 0) is 37.8 Å². The summed E-state index contributed by atoms with van der Waals surface area (Å²) in [5.41, 5.74) is 0.703. The van der Waals surface area contributed by atoms with E-state index in [4.69, 9.17) is 9.94 Å². The van der Waals surface area contributed by atoms with Crippen LogP contribution in [-0.4, -0.2) is 38.3 Å². The molecule has 144 valence electrons. The molecule has 1 heterocycles. The summed E-state index contributed by atoms with van der Waals surface area (Å²) in [7, 11) is -1.10. The number of benzene rings is 1. The SMILES string of the molecule is CS(=O)c1ccc(C(=NOC2CCCC2)C(=O)Nc2ncc(CO)s2)cc1. The van der Waals surface area contributed by atoms with Crippen LogP contribution in [0.4, 0.5) is 5.13 Å². The Morgan fingerprint density at radius 3 is 2.67 bits per heavy atom. The van der Waals surface area contributed by atoms with E-state index in [9.17, 15) is 9.00 Å². The minimum absolute atomic E-state index is 0.0241. The highest BCUT2D eigenvalue weighted by Gasteiger charge is 2.20. The lowest BCUT2D eigenvalue weighted by Gasteiger charge is -2.10. The van der Waals surface area contributed by atoms with Crippen LogP contribution >= 0.6 is 11.3 Å². The first kappa shape index (κ1) is 19.7. The molecule has 0 radical (unpaired) electrons. The van der Waals surface area contributed by atoms with E-state index in [1.165, 1.54) is 17.5 Å². The number of aliphatic hydroxyl groups is 1. The molecule has 1 aliphatic carbocycles. The van der Waals surface area contributed by atoms with Gasteiger partial charge in [0.1, 0.15) is 6.10 Å². The van der Waals surface area contributed by atoms with Gasteiger partial charge in [0.05, 0.1) is 11.5 Å². The first-order valence-corrected chi connectivity index (χ1v) is 11.0. The van der Waals surface area contributed by atoms with Gasteiger partial charge in [-0.3, -0.25) is 14.3 Å². The van der Waals surface area contributed by atoms with Crippen LogP contribution in [0.25, 0.3) is 0 Å². The van der Waals surface area contributed by atoms with E-state index in [2.05, 4.69) is 15.5 Å². The summed E-state index contributed by atoms with van der Waals surface area (Å²) in [6.45, 7) is -0.130. The van der Waals surface area contributed by atoms with Gasteiger partial charge in [-0.2, -0.15) is 0 Å². The minimum Gasteiger partial charge on any atom is -0.392 e. The van der Waals surface area contributed by atoms with Gasteiger partial charge in [-0.1, -0.05) is 28.6 Å². The average Bonchev–Trinajstić information content (AvgIpc) is 3.34. The zero-order valence-corrected chi connectivity index (χ0v) is 16.5. The van der Waals surface area contributed by atoms with Crippen molar-refractivity contribution in [3.05, 3.63) is 40.9 Å². The number of oxime groups is 1. The number of rotatable bonds is 7. The van der Waals surface area contributed by atoms with Crippen molar-refractivity contribution >= 4 is 38.9 Å². The summed E-state index contributed by atoms with van der Waals surface area (Å²) in [5, 5.41) is 16.3. The normalized spacial score (nSPS) is 16.3. The number of carbonyl (C=O) groups is 1. The molecule has 9 heteroatoms. The Labute approximate surface area is 163 Å². The van der Waals surface area contributed by atoms with Crippen LogP contribution in [-0.2, 0) is 27.0 Å². The first-order valence-electron chi connectivity index (χ1n) is 8.61. The highest BCUT2D eigenvalue weighted by molar-refractivity contribution is 7.84. The van der Waals surface area contributed by atoms with Gasteiger partial charge in [-0.15, -0.1) is 0 Å². The molecule has 0 spiro atoms. The zero-order chi connectivity index (χ0) is 19.2. The van der Waals surface area contributed by atoms with Crippen molar-refractivity contribution in [3.63, 3.8) is 0 Å². The fraction of sp³-hybridized carbons (Fsp3) is 0.389. The van der Waals surface area contributed by atoms with Crippen LogP contribution in [0.5, 0.6) is 0 Å². The smallest absolute Gasteiger partial charge is 0.280 e. The molecule has 0 bridgehead atoms. The molecule has 0 aliphatic heterocycles. The maximum atomic E-state index is 12.8. The van der Waals surface area contributed by atoms with Gasteiger partial charge in [0.2, 0.25) is 0 Å². The molecule has 27 heavy (non-hydrogen) atoms. The molecule has 2 aromatic rings. The third-order valence-electron chi connectivity index (χ3n) is 4.20. The van der Waals surface area contributed by atoms with Crippen LogP contribution in [0.3, 0.4) is 0 Å². The van der Waals surface area contributed by atoms with E-state index >= 15 is 0 Å². The number of anilines is 1. The van der Waals surface area contributed by atoms with Crippen LogP contribution < -0.4 is 5.32 Å². The molecule has 1 aliphatic rings. The van der Waals surface area contributed by atoms with Crippen molar-refractivity contribution in [1.82, 2.24) is 4.98 Å². The second-order valence-corrected chi connectivity index (χ2v) is 8.67. The number of aliphatic hydroxyl groups excluding tert-OH is 1. The number of thiazole rings is 1. The van der Waals surface area contributed by atoms with E-state index in [0.717, 1.165) is 25.7 Å². The fourth-order valence-electron chi connectivity index (χ4n) is 2.75. The molecule has 1 aromatic carbocycles. The molecule has 1 aromatic heterocycles. The molecule has 1 amide bonds. The van der Waals surface area contributed by atoms with Crippen LogP contribution in [0.1, 0.15) is 36.1 Å². The van der Waals surface area contributed by atoms with Crippen LogP contribution in [0, 0.1) is 0 Å². The monoisotopic (exact) mass is 407 g/mol. The Kier molecular flexibility index (Phi) is 6.70.